The lowest BCUT2D eigenvalue weighted by molar-refractivity contribution is -0.335. The molecule has 0 amide bonds. The van der Waals surface area contributed by atoms with Crippen LogP contribution in [0.3, 0.4) is 0 Å². The van der Waals surface area contributed by atoms with Gasteiger partial charge in [0.15, 0.2) is 0 Å². The van der Waals surface area contributed by atoms with Crippen LogP contribution in [0.25, 0.3) is 0 Å². The Hall–Kier alpha value is -1.36. The summed E-state index contributed by atoms with van der Waals surface area (Å²) in [5.74, 6) is -5.16. The van der Waals surface area contributed by atoms with Gasteiger partial charge in [0.2, 0.25) is 0 Å². The maximum absolute atomic E-state index is 10.7. The van der Waals surface area contributed by atoms with Crippen LogP contribution in [0.1, 0.15) is 27.7 Å². The average Bonchev–Trinajstić information content (AvgIpc) is 1.97. The van der Waals surface area contributed by atoms with Gasteiger partial charge in [0.05, 0.1) is 17.5 Å². The van der Waals surface area contributed by atoms with Gasteiger partial charge in [0.25, 0.3) is 0 Å². The highest BCUT2D eigenvalue weighted by atomic mass is 16.4. The third-order valence-electron chi connectivity index (χ3n) is 2.14. The molecule has 5 heteroatoms. The highest BCUT2D eigenvalue weighted by Crippen LogP contribution is 2.28. The zero-order valence-electron chi connectivity index (χ0n) is 9.81. The number of carbonyl (C=O) groups is 2. The summed E-state index contributed by atoms with van der Waals surface area (Å²) < 4.78 is 0. The summed E-state index contributed by atoms with van der Waals surface area (Å²) in [6.45, 7) is 5.83. The van der Waals surface area contributed by atoms with E-state index in [-0.39, 0.29) is 0 Å². The third kappa shape index (κ3) is 4.44. The second-order valence-corrected chi connectivity index (χ2v) is 4.88. The molecule has 0 atom stereocenters. The number of rotatable bonds is 5. The molecule has 0 aromatic heterocycles. The molecule has 0 aliphatic heterocycles. The number of aliphatic hydroxyl groups is 1. The van der Waals surface area contributed by atoms with Crippen LogP contribution in [-0.2, 0) is 9.59 Å². The molecule has 0 bridgehead atoms. The van der Waals surface area contributed by atoms with Crippen molar-refractivity contribution in [2.24, 2.45) is 11.3 Å². The van der Waals surface area contributed by atoms with Crippen LogP contribution in [0.4, 0.5) is 0 Å². The first-order valence-electron chi connectivity index (χ1n) is 4.82. The summed E-state index contributed by atoms with van der Waals surface area (Å²) in [5, 5.41) is 30.8. The lowest BCUT2D eigenvalue weighted by atomic mass is 9.78. The van der Waals surface area contributed by atoms with Gasteiger partial charge in [0.1, 0.15) is 0 Å². The Bertz CT molecular complexity index is 295. The van der Waals surface area contributed by atoms with Crippen LogP contribution >= 0.6 is 0 Å². The first kappa shape index (κ1) is 14.6. The van der Waals surface area contributed by atoms with Crippen molar-refractivity contribution in [1.82, 2.24) is 0 Å². The van der Waals surface area contributed by atoms with Gasteiger partial charge in [-0.3, -0.25) is 0 Å². The van der Waals surface area contributed by atoms with Gasteiger partial charge >= 0.3 is 0 Å². The minimum atomic E-state index is -1.76. The van der Waals surface area contributed by atoms with Gasteiger partial charge in [0, 0.05) is 5.92 Å². The quantitative estimate of drug-likeness (QED) is 0.454. The van der Waals surface area contributed by atoms with E-state index in [0.717, 1.165) is 0 Å². The molecule has 0 radical (unpaired) electrons. The number of aliphatic carboxylic acids is 2. The predicted octanol–water partition coefficient (Wildman–Crippen LogP) is -1.54. The molecule has 0 aliphatic rings. The summed E-state index contributed by atoms with van der Waals surface area (Å²) >= 11 is 0. The minimum absolute atomic E-state index is 1.14. The minimum Gasteiger partial charge on any atom is -0.549 e. The number of allylic oxidation sites excluding steroid dienone is 1. The van der Waals surface area contributed by atoms with E-state index in [4.69, 9.17) is 0 Å². The maximum Gasteiger partial charge on any atom is 0.0771 e. The van der Waals surface area contributed by atoms with Crippen LogP contribution in [-0.4, -0.2) is 22.6 Å². The molecule has 0 saturated carbocycles. The standard InChI is InChI=1S/C11H18O5/c1-10(2,5-6-11(3,4)16)7(8(12)13)9(14)15/h5-7,16H,1-4H3,(H,12,13)(H,14,15)/p-2/b6-5+. The lowest BCUT2D eigenvalue weighted by Crippen LogP contribution is -2.50. The monoisotopic (exact) mass is 228 g/mol. The van der Waals surface area contributed by atoms with E-state index in [0.29, 0.717) is 0 Å². The predicted molar refractivity (Wildman–Crippen MR) is 52.7 cm³/mol. The Morgan fingerprint density at radius 1 is 1.06 bits per heavy atom. The van der Waals surface area contributed by atoms with E-state index < -0.39 is 28.9 Å². The molecule has 92 valence electrons. The second kappa shape index (κ2) is 4.65. The van der Waals surface area contributed by atoms with Crippen LogP contribution in [0, 0.1) is 11.3 Å². The summed E-state index contributed by atoms with van der Waals surface area (Å²) in [4.78, 5) is 21.4. The highest BCUT2D eigenvalue weighted by molar-refractivity contribution is 5.92. The van der Waals surface area contributed by atoms with Crippen LogP contribution in [0.2, 0.25) is 0 Å². The third-order valence-corrected chi connectivity index (χ3v) is 2.14. The van der Waals surface area contributed by atoms with Gasteiger partial charge in [-0.1, -0.05) is 26.0 Å². The molecule has 0 unspecified atom stereocenters. The average molecular weight is 228 g/mol. The number of hydrogen-bond acceptors (Lipinski definition) is 5. The van der Waals surface area contributed by atoms with Crippen LogP contribution in [0.5, 0.6) is 0 Å². The summed E-state index contributed by atoms with van der Waals surface area (Å²) in [6, 6.07) is 0. The summed E-state index contributed by atoms with van der Waals surface area (Å²) in [6.07, 6.45) is 2.68. The number of carbonyl (C=O) groups excluding carboxylic acids is 2. The Morgan fingerprint density at radius 3 is 1.69 bits per heavy atom. The van der Waals surface area contributed by atoms with Crippen LogP contribution in [0.15, 0.2) is 12.2 Å². The number of hydrogen-bond donors (Lipinski definition) is 1. The Kier molecular flexibility index (Phi) is 4.26. The molecular formula is C11H16O5-2. The molecule has 5 nitrogen and oxygen atoms in total. The molecule has 0 aromatic rings. The number of carboxylic acids is 2. The van der Waals surface area contributed by atoms with Crippen molar-refractivity contribution in [1.29, 1.82) is 0 Å². The fourth-order valence-corrected chi connectivity index (χ4v) is 1.22. The van der Waals surface area contributed by atoms with Crippen LogP contribution < -0.4 is 10.2 Å². The Morgan fingerprint density at radius 2 is 1.44 bits per heavy atom. The van der Waals surface area contributed by atoms with Crippen molar-refractivity contribution in [2.75, 3.05) is 0 Å². The molecule has 1 N–H and O–H groups in total. The zero-order chi connectivity index (χ0) is 13.1. The molecule has 0 aromatic carbocycles. The fourth-order valence-electron chi connectivity index (χ4n) is 1.22. The van der Waals surface area contributed by atoms with E-state index in [9.17, 15) is 24.9 Å². The van der Waals surface area contributed by atoms with Gasteiger partial charge in [-0.2, -0.15) is 0 Å². The SMILES string of the molecule is CC(C)(O)/C=C/C(C)(C)C(C(=O)[O-])C(=O)[O-]. The van der Waals surface area contributed by atoms with E-state index in [1.165, 1.54) is 39.8 Å². The maximum atomic E-state index is 10.7. The van der Waals surface area contributed by atoms with E-state index >= 15 is 0 Å². The highest BCUT2D eigenvalue weighted by Gasteiger charge is 2.29. The van der Waals surface area contributed by atoms with Crippen molar-refractivity contribution >= 4 is 11.9 Å². The molecule has 0 heterocycles. The molecule has 0 spiro atoms. The van der Waals surface area contributed by atoms with E-state index in [1.807, 2.05) is 0 Å². The molecular weight excluding hydrogens is 212 g/mol. The fraction of sp³-hybridized carbons (Fsp3) is 0.636. The lowest BCUT2D eigenvalue weighted by Gasteiger charge is -2.33. The molecule has 0 fully saturated rings. The molecule has 0 saturated heterocycles. The summed E-state index contributed by atoms with van der Waals surface area (Å²) in [5.41, 5.74) is -2.34. The molecule has 0 rings (SSSR count). The van der Waals surface area contributed by atoms with Crippen molar-refractivity contribution < 1.29 is 24.9 Å². The normalized spacial score (nSPS) is 13.4. The Labute approximate surface area is 94.4 Å². The summed E-state index contributed by atoms with van der Waals surface area (Å²) in [7, 11) is 0. The smallest absolute Gasteiger partial charge is 0.0771 e. The van der Waals surface area contributed by atoms with E-state index in [1.54, 1.807) is 0 Å². The topological polar surface area (TPSA) is 100 Å². The first-order valence-corrected chi connectivity index (χ1v) is 4.82. The largest absolute Gasteiger partial charge is 0.549 e. The van der Waals surface area contributed by atoms with Gasteiger partial charge in [-0.05, 0) is 19.3 Å². The van der Waals surface area contributed by atoms with Crippen molar-refractivity contribution in [3.63, 3.8) is 0 Å². The first-order chi connectivity index (χ1) is 6.97. The molecule has 0 aliphatic carbocycles. The van der Waals surface area contributed by atoms with Crippen molar-refractivity contribution in [2.45, 2.75) is 33.3 Å². The van der Waals surface area contributed by atoms with Gasteiger partial charge in [-0.15, -0.1) is 0 Å². The molecule has 16 heavy (non-hydrogen) atoms. The van der Waals surface area contributed by atoms with Crippen molar-refractivity contribution in [3.05, 3.63) is 12.2 Å². The Balaban J connectivity index is 5.09. The van der Waals surface area contributed by atoms with Gasteiger partial charge in [-0.25, -0.2) is 0 Å². The van der Waals surface area contributed by atoms with Crippen molar-refractivity contribution in [3.8, 4) is 0 Å². The second-order valence-electron chi connectivity index (χ2n) is 4.88. The van der Waals surface area contributed by atoms with Gasteiger partial charge < -0.3 is 24.9 Å². The van der Waals surface area contributed by atoms with E-state index in [2.05, 4.69) is 0 Å². The zero-order valence-corrected chi connectivity index (χ0v) is 9.81. The number of carboxylic acid groups (broad SMARTS) is 2.